The predicted molar refractivity (Wildman–Crippen MR) is 59.6 cm³/mol. The highest BCUT2D eigenvalue weighted by Crippen LogP contribution is 1.98. The average molecular weight is 186 g/mol. The Hall–Kier alpha value is -0.630. The lowest BCUT2D eigenvalue weighted by Crippen LogP contribution is -1.92. The second kappa shape index (κ2) is 13.0. The zero-order valence-electron chi connectivity index (χ0n) is 7.92. The maximum atomic E-state index is 5.18. The summed E-state index contributed by atoms with van der Waals surface area (Å²) in [5.41, 5.74) is 0. The topological polar surface area (TPSA) is 9.23 Å². The Morgan fingerprint density at radius 3 is 2.33 bits per heavy atom. The summed E-state index contributed by atoms with van der Waals surface area (Å²) in [6, 6.07) is 0. The van der Waals surface area contributed by atoms with Gasteiger partial charge >= 0.3 is 0 Å². The van der Waals surface area contributed by atoms with Gasteiger partial charge in [0.2, 0.25) is 0 Å². The molecule has 0 aromatic rings. The van der Waals surface area contributed by atoms with Gasteiger partial charge in [-0.3, -0.25) is 0 Å². The number of rotatable bonds is 5. The summed E-state index contributed by atoms with van der Waals surface area (Å²) in [6.07, 6.45) is 5.07. The third-order valence-corrected chi connectivity index (χ3v) is 1.03. The normalized spacial score (nSPS) is 9.42. The van der Waals surface area contributed by atoms with Gasteiger partial charge in [-0.15, -0.1) is 0 Å². The molecule has 0 radical (unpaired) electrons. The minimum atomic E-state index is 0.606. The monoisotopic (exact) mass is 186 g/mol. The molecule has 0 atom stereocenters. The van der Waals surface area contributed by atoms with E-state index in [1.165, 1.54) is 0 Å². The van der Waals surface area contributed by atoms with Crippen LogP contribution in [-0.2, 0) is 4.74 Å². The van der Waals surface area contributed by atoms with Gasteiger partial charge in [-0.2, -0.15) is 12.6 Å². The van der Waals surface area contributed by atoms with Gasteiger partial charge in [0.1, 0.15) is 5.76 Å². The van der Waals surface area contributed by atoms with Gasteiger partial charge in [0.25, 0.3) is 0 Å². The molecule has 0 aliphatic carbocycles. The predicted octanol–water partition coefficient (Wildman–Crippen LogP) is 3.21. The van der Waals surface area contributed by atoms with E-state index in [4.69, 9.17) is 4.74 Å². The van der Waals surface area contributed by atoms with Crippen LogP contribution >= 0.6 is 12.6 Å². The summed E-state index contributed by atoms with van der Waals surface area (Å²) in [5, 5.41) is 0. The number of hydrogen-bond acceptors (Lipinski definition) is 2. The van der Waals surface area contributed by atoms with E-state index in [1.54, 1.807) is 18.2 Å². The van der Waals surface area contributed by atoms with E-state index in [2.05, 4.69) is 25.8 Å². The molecule has 0 N–H and O–H groups in total. The van der Waals surface area contributed by atoms with E-state index in [0.29, 0.717) is 12.4 Å². The first kappa shape index (κ1) is 13.9. The molecule has 0 saturated carbocycles. The zero-order chi connectivity index (χ0) is 9.82. The Kier molecular flexibility index (Phi) is 15.1. The van der Waals surface area contributed by atoms with Crippen LogP contribution in [0.1, 0.15) is 13.8 Å². The molecule has 0 bridgehead atoms. The Labute approximate surface area is 81.2 Å². The molecular formula is C10H18OS. The van der Waals surface area contributed by atoms with Crippen molar-refractivity contribution >= 4 is 12.6 Å². The van der Waals surface area contributed by atoms with Crippen molar-refractivity contribution in [1.82, 2.24) is 0 Å². The minimum absolute atomic E-state index is 0.606. The summed E-state index contributed by atoms with van der Waals surface area (Å²) >= 11 is 3.99. The summed E-state index contributed by atoms with van der Waals surface area (Å²) in [6.45, 7) is 11.7. The summed E-state index contributed by atoms with van der Waals surface area (Å²) < 4.78 is 5.18. The third-order valence-electron chi connectivity index (χ3n) is 0.843. The highest BCUT2D eigenvalue weighted by atomic mass is 32.1. The van der Waals surface area contributed by atoms with Crippen LogP contribution in [0.3, 0.4) is 0 Å². The van der Waals surface area contributed by atoms with Gasteiger partial charge in [0.05, 0.1) is 6.61 Å². The highest BCUT2D eigenvalue weighted by molar-refractivity contribution is 7.80. The molecule has 0 amide bonds. The van der Waals surface area contributed by atoms with Crippen molar-refractivity contribution in [1.29, 1.82) is 0 Å². The minimum Gasteiger partial charge on any atom is -0.493 e. The van der Waals surface area contributed by atoms with Crippen molar-refractivity contribution < 1.29 is 4.74 Å². The van der Waals surface area contributed by atoms with Crippen LogP contribution < -0.4 is 0 Å². The molecule has 0 spiro atoms. The average Bonchev–Trinajstić information content (AvgIpc) is 2.15. The Bertz CT molecular complexity index is 139. The van der Waals surface area contributed by atoms with E-state index in [1.807, 2.05) is 13.8 Å². The Balaban J connectivity index is 0. The lowest BCUT2D eigenvalue weighted by Gasteiger charge is -2.02. The molecule has 70 valence electrons. The smallest absolute Gasteiger partial charge is 0.118 e. The molecule has 0 saturated heterocycles. The molecule has 0 rings (SSSR count). The molecule has 0 unspecified atom stereocenters. The van der Waals surface area contributed by atoms with Crippen molar-refractivity contribution in [3.63, 3.8) is 0 Å². The van der Waals surface area contributed by atoms with Crippen LogP contribution in [0.5, 0.6) is 0 Å². The van der Waals surface area contributed by atoms with Gasteiger partial charge in [-0.05, 0) is 12.2 Å². The number of ether oxygens (including phenoxy) is 1. The largest absolute Gasteiger partial charge is 0.493 e. The lowest BCUT2D eigenvalue weighted by molar-refractivity contribution is 0.246. The Morgan fingerprint density at radius 1 is 1.42 bits per heavy atom. The van der Waals surface area contributed by atoms with Crippen molar-refractivity contribution in [2.45, 2.75) is 13.8 Å². The zero-order valence-corrected chi connectivity index (χ0v) is 8.81. The molecule has 0 fully saturated rings. The van der Waals surface area contributed by atoms with Gasteiger partial charge < -0.3 is 4.74 Å². The van der Waals surface area contributed by atoms with Gasteiger partial charge in [0, 0.05) is 5.75 Å². The summed E-state index contributed by atoms with van der Waals surface area (Å²) in [7, 11) is 0. The number of thiol groups is 1. The highest BCUT2D eigenvalue weighted by Gasteiger charge is 1.86. The van der Waals surface area contributed by atoms with Crippen LogP contribution in [0.15, 0.2) is 37.1 Å². The lowest BCUT2D eigenvalue weighted by atomic mass is 10.4. The van der Waals surface area contributed by atoms with Gasteiger partial charge in [0.15, 0.2) is 0 Å². The Morgan fingerprint density at radius 2 is 2.00 bits per heavy atom. The van der Waals surface area contributed by atoms with Gasteiger partial charge in [-0.1, -0.05) is 33.1 Å². The fourth-order valence-corrected chi connectivity index (χ4v) is 0.546. The molecule has 12 heavy (non-hydrogen) atoms. The van der Waals surface area contributed by atoms with E-state index in [9.17, 15) is 0 Å². The standard InChI is InChI=1S/C8H12OS.C2H6/c1-3-5-8(4-2)9-6-7-10;1-2/h3-5,10H,1-2,6-7H2;1-2H3/b8-5+;. The molecule has 0 aromatic heterocycles. The molecule has 0 heterocycles. The fraction of sp³-hybridized carbons (Fsp3) is 0.400. The second-order valence-corrected chi connectivity index (χ2v) is 2.03. The first-order valence-electron chi connectivity index (χ1n) is 4.04. The van der Waals surface area contributed by atoms with E-state index < -0.39 is 0 Å². The quantitative estimate of drug-likeness (QED) is 0.394. The molecule has 2 heteroatoms. The molecule has 0 aliphatic heterocycles. The summed E-state index contributed by atoms with van der Waals surface area (Å²) in [4.78, 5) is 0. The molecular weight excluding hydrogens is 168 g/mol. The van der Waals surface area contributed by atoms with Crippen LogP contribution in [0, 0.1) is 0 Å². The van der Waals surface area contributed by atoms with Crippen molar-refractivity contribution in [3.05, 3.63) is 37.1 Å². The SMILES string of the molecule is C=C/C=C(\C=C)OCCS.CC. The van der Waals surface area contributed by atoms with Gasteiger partial charge in [-0.25, -0.2) is 0 Å². The van der Waals surface area contributed by atoms with Crippen LogP contribution in [0.4, 0.5) is 0 Å². The van der Waals surface area contributed by atoms with E-state index in [-0.39, 0.29) is 0 Å². The van der Waals surface area contributed by atoms with Crippen LogP contribution in [-0.4, -0.2) is 12.4 Å². The summed E-state index contributed by atoms with van der Waals surface area (Å²) in [5.74, 6) is 1.45. The van der Waals surface area contributed by atoms with Crippen LogP contribution in [0.25, 0.3) is 0 Å². The van der Waals surface area contributed by atoms with E-state index in [0.717, 1.165) is 5.76 Å². The van der Waals surface area contributed by atoms with Crippen molar-refractivity contribution in [2.75, 3.05) is 12.4 Å². The van der Waals surface area contributed by atoms with Crippen molar-refractivity contribution in [3.8, 4) is 0 Å². The van der Waals surface area contributed by atoms with E-state index >= 15 is 0 Å². The molecule has 1 nitrogen and oxygen atoms in total. The number of allylic oxidation sites excluding steroid dienone is 3. The maximum Gasteiger partial charge on any atom is 0.118 e. The first-order valence-corrected chi connectivity index (χ1v) is 4.67. The number of hydrogen-bond donors (Lipinski definition) is 1. The first-order chi connectivity index (χ1) is 5.85. The molecule has 0 aromatic carbocycles. The third kappa shape index (κ3) is 9.37. The van der Waals surface area contributed by atoms with Crippen LogP contribution in [0.2, 0.25) is 0 Å². The second-order valence-electron chi connectivity index (χ2n) is 1.58. The maximum absolute atomic E-state index is 5.18. The fourth-order valence-electron chi connectivity index (χ4n) is 0.455. The molecule has 0 aliphatic rings. The van der Waals surface area contributed by atoms with Crippen molar-refractivity contribution in [2.24, 2.45) is 0 Å².